The number of carbonyl (C=O) groups is 1. The fraction of sp³-hybridized carbons (Fsp3) is 0. The molecule has 0 fully saturated rings. The van der Waals surface area contributed by atoms with Gasteiger partial charge in [-0.3, -0.25) is 0 Å². The highest BCUT2D eigenvalue weighted by molar-refractivity contribution is 5.93. The number of hydrogen-bond donors (Lipinski definition) is 2. The number of phenolic OH excluding ortho intramolecular Hbond substituents is 1. The summed E-state index contributed by atoms with van der Waals surface area (Å²) < 4.78 is 15.3. The van der Waals surface area contributed by atoms with Gasteiger partial charge in [-0.15, -0.1) is 5.10 Å². The molecule has 0 aliphatic carbocycles. The summed E-state index contributed by atoms with van der Waals surface area (Å²) in [5.41, 5.74) is 0.225. The van der Waals surface area contributed by atoms with Crippen molar-refractivity contribution in [2.75, 3.05) is 0 Å². The number of benzene rings is 2. The van der Waals surface area contributed by atoms with Crippen LogP contribution in [0.4, 0.5) is 4.39 Å². The van der Waals surface area contributed by atoms with E-state index in [-0.39, 0.29) is 22.7 Å². The molecule has 0 bridgehead atoms. The number of rotatable bonds is 3. The van der Waals surface area contributed by atoms with Crippen LogP contribution in [0.3, 0.4) is 0 Å². The molecule has 0 spiro atoms. The van der Waals surface area contributed by atoms with Crippen LogP contribution in [0.2, 0.25) is 0 Å². The molecule has 7 heteroatoms. The number of aromatic carboxylic acids is 1. The molecule has 0 radical (unpaired) electrons. The van der Waals surface area contributed by atoms with Crippen LogP contribution in [-0.4, -0.2) is 31.2 Å². The fourth-order valence-corrected chi connectivity index (χ4v) is 2.10. The summed E-state index contributed by atoms with van der Waals surface area (Å²) >= 11 is 0. The molecule has 2 aromatic carbocycles. The van der Waals surface area contributed by atoms with Gasteiger partial charge in [0.25, 0.3) is 0 Å². The zero-order valence-electron chi connectivity index (χ0n) is 11.1. The first kappa shape index (κ1) is 13.7. The molecule has 110 valence electrons. The molecule has 0 aliphatic rings. The predicted octanol–water partition coefficient (Wildman–Crippen LogP) is 2.48. The van der Waals surface area contributed by atoms with E-state index in [1.807, 2.05) is 0 Å². The van der Waals surface area contributed by atoms with E-state index in [0.717, 1.165) is 0 Å². The molecule has 0 amide bonds. The van der Waals surface area contributed by atoms with Crippen molar-refractivity contribution in [1.82, 2.24) is 15.0 Å². The van der Waals surface area contributed by atoms with Gasteiger partial charge in [0.1, 0.15) is 17.3 Å². The van der Waals surface area contributed by atoms with Gasteiger partial charge in [-0.1, -0.05) is 17.3 Å². The van der Waals surface area contributed by atoms with E-state index in [1.165, 1.54) is 47.1 Å². The highest BCUT2D eigenvalue weighted by Gasteiger charge is 2.23. The van der Waals surface area contributed by atoms with E-state index >= 15 is 0 Å². The lowest BCUT2D eigenvalue weighted by atomic mass is 10.1. The molecule has 0 atom stereocenters. The molecule has 3 aromatic rings. The first-order valence-corrected chi connectivity index (χ1v) is 6.31. The maximum atomic E-state index is 14.1. The molecule has 22 heavy (non-hydrogen) atoms. The van der Waals surface area contributed by atoms with Crippen molar-refractivity contribution in [1.29, 1.82) is 0 Å². The molecular formula is C15H10FN3O3. The van der Waals surface area contributed by atoms with Crippen LogP contribution in [0, 0.1) is 5.82 Å². The Bertz CT molecular complexity index is 843. The van der Waals surface area contributed by atoms with Crippen molar-refractivity contribution in [3.8, 4) is 22.7 Å². The van der Waals surface area contributed by atoms with Gasteiger partial charge in [0, 0.05) is 5.56 Å². The summed E-state index contributed by atoms with van der Waals surface area (Å²) in [6.07, 6.45) is 0. The van der Waals surface area contributed by atoms with Gasteiger partial charge in [-0.05, 0) is 36.4 Å². The third-order valence-corrected chi connectivity index (χ3v) is 3.10. The van der Waals surface area contributed by atoms with E-state index in [4.69, 9.17) is 0 Å². The Kier molecular flexibility index (Phi) is 3.30. The number of hydrogen-bond acceptors (Lipinski definition) is 4. The lowest BCUT2D eigenvalue weighted by Crippen LogP contribution is -2.04. The zero-order valence-corrected chi connectivity index (χ0v) is 11.1. The van der Waals surface area contributed by atoms with Gasteiger partial charge < -0.3 is 10.2 Å². The maximum Gasteiger partial charge on any atom is 0.358 e. The Balaban J connectivity index is 2.27. The van der Waals surface area contributed by atoms with Gasteiger partial charge >= 0.3 is 5.97 Å². The van der Waals surface area contributed by atoms with Gasteiger partial charge in [0.15, 0.2) is 5.69 Å². The van der Waals surface area contributed by atoms with Crippen molar-refractivity contribution in [2.45, 2.75) is 0 Å². The fourth-order valence-electron chi connectivity index (χ4n) is 2.10. The molecule has 1 aromatic heterocycles. The summed E-state index contributed by atoms with van der Waals surface area (Å²) in [6, 6.07) is 11.7. The summed E-state index contributed by atoms with van der Waals surface area (Å²) in [4.78, 5) is 11.3. The Labute approximate surface area is 124 Å². The van der Waals surface area contributed by atoms with Crippen LogP contribution in [0.5, 0.6) is 5.75 Å². The Hall–Kier alpha value is -3.22. The monoisotopic (exact) mass is 299 g/mol. The zero-order chi connectivity index (χ0) is 15.7. The summed E-state index contributed by atoms with van der Waals surface area (Å²) in [5, 5.41) is 26.0. The SMILES string of the molecule is O=C(O)c1nnn(-c2ccc(O)cc2)c1-c1ccccc1F. The Morgan fingerprint density at radius 3 is 2.41 bits per heavy atom. The van der Waals surface area contributed by atoms with Gasteiger partial charge in [-0.25, -0.2) is 13.9 Å². The molecule has 0 aliphatic heterocycles. The highest BCUT2D eigenvalue weighted by Crippen LogP contribution is 2.28. The minimum atomic E-state index is -1.30. The average molecular weight is 299 g/mol. The molecule has 2 N–H and O–H groups in total. The van der Waals surface area contributed by atoms with Crippen molar-refractivity contribution < 1.29 is 19.4 Å². The molecule has 1 heterocycles. The number of nitrogens with zero attached hydrogens (tertiary/aromatic N) is 3. The van der Waals surface area contributed by atoms with E-state index in [2.05, 4.69) is 10.3 Å². The number of aromatic nitrogens is 3. The van der Waals surface area contributed by atoms with Gasteiger partial charge in [-0.2, -0.15) is 0 Å². The Morgan fingerprint density at radius 1 is 1.09 bits per heavy atom. The van der Waals surface area contributed by atoms with E-state index < -0.39 is 11.8 Å². The number of carboxylic acid groups (broad SMARTS) is 1. The van der Waals surface area contributed by atoms with Crippen LogP contribution < -0.4 is 0 Å². The van der Waals surface area contributed by atoms with Crippen LogP contribution >= 0.6 is 0 Å². The molecule has 3 rings (SSSR count). The van der Waals surface area contributed by atoms with E-state index in [1.54, 1.807) is 6.07 Å². The number of phenols is 1. The molecular weight excluding hydrogens is 289 g/mol. The normalized spacial score (nSPS) is 10.6. The minimum absolute atomic E-state index is 0.0382. The first-order valence-electron chi connectivity index (χ1n) is 6.31. The summed E-state index contributed by atoms with van der Waals surface area (Å²) in [5.74, 6) is -1.83. The Morgan fingerprint density at radius 2 is 1.77 bits per heavy atom. The van der Waals surface area contributed by atoms with Crippen LogP contribution in [0.1, 0.15) is 10.5 Å². The van der Waals surface area contributed by atoms with Crippen LogP contribution in [0.15, 0.2) is 48.5 Å². The molecule has 0 saturated carbocycles. The maximum absolute atomic E-state index is 14.1. The van der Waals surface area contributed by atoms with E-state index in [0.29, 0.717) is 5.69 Å². The highest BCUT2D eigenvalue weighted by atomic mass is 19.1. The third-order valence-electron chi connectivity index (χ3n) is 3.10. The molecule has 6 nitrogen and oxygen atoms in total. The number of halogens is 1. The standard InChI is InChI=1S/C15H10FN3O3/c16-12-4-2-1-3-11(12)14-13(15(21)22)17-18-19(14)9-5-7-10(20)8-6-9/h1-8,20H,(H,21,22). The van der Waals surface area contributed by atoms with Crippen LogP contribution in [0.25, 0.3) is 16.9 Å². The lowest BCUT2D eigenvalue weighted by molar-refractivity contribution is 0.0691. The minimum Gasteiger partial charge on any atom is -0.508 e. The van der Waals surface area contributed by atoms with Crippen molar-refractivity contribution in [3.05, 3.63) is 60.0 Å². The van der Waals surface area contributed by atoms with Gasteiger partial charge in [0.2, 0.25) is 0 Å². The lowest BCUT2D eigenvalue weighted by Gasteiger charge is -2.08. The van der Waals surface area contributed by atoms with Crippen molar-refractivity contribution in [3.63, 3.8) is 0 Å². The van der Waals surface area contributed by atoms with Crippen LogP contribution in [-0.2, 0) is 0 Å². The quantitative estimate of drug-likeness (QED) is 0.775. The van der Waals surface area contributed by atoms with Crippen molar-refractivity contribution >= 4 is 5.97 Å². The second-order valence-electron chi connectivity index (χ2n) is 4.50. The predicted molar refractivity (Wildman–Crippen MR) is 75.4 cm³/mol. The number of carboxylic acids is 1. The second-order valence-corrected chi connectivity index (χ2v) is 4.50. The second kappa shape index (κ2) is 5.28. The van der Waals surface area contributed by atoms with Crippen molar-refractivity contribution in [2.24, 2.45) is 0 Å². The molecule has 0 unspecified atom stereocenters. The molecule has 0 saturated heterocycles. The smallest absolute Gasteiger partial charge is 0.358 e. The van der Waals surface area contributed by atoms with E-state index in [9.17, 15) is 19.4 Å². The first-order chi connectivity index (χ1) is 10.6. The summed E-state index contributed by atoms with van der Waals surface area (Å²) in [7, 11) is 0. The van der Waals surface area contributed by atoms with Gasteiger partial charge in [0.05, 0.1) is 5.69 Å². The summed E-state index contributed by atoms with van der Waals surface area (Å²) in [6.45, 7) is 0. The third kappa shape index (κ3) is 2.28. The number of aromatic hydroxyl groups is 1. The average Bonchev–Trinajstić information content (AvgIpc) is 2.93. The largest absolute Gasteiger partial charge is 0.508 e. The topological polar surface area (TPSA) is 88.2 Å².